The molecular formula is C15H17N3O2S. The second-order valence-electron chi connectivity index (χ2n) is 5.77. The number of carbonyl (C=O) groups excluding carboxylic acids is 2. The first-order chi connectivity index (χ1) is 10.0. The monoisotopic (exact) mass is 303 g/mol. The Hall–Kier alpha value is -1.87. The molecular weight excluding hydrogens is 286 g/mol. The van der Waals surface area contributed by atoms with Crippen LogP contribution in [-0.2, 0) is 9.59 Å². The van der Waals surface area contributed by atoms with Crippen LogP contribution < -0.4 is 5.32 Å². The Balaban J connectivity index is 1.71. The third kappa shape index (κ3) is 2.54. The topological polar surface area (TPSA) is 73.2 Å². The number of anilines is 1. The largest absolute Gasteiger partial charge is 0.339 e. The summed E-state index contributed by atoms with van der Waals surface area (Å²) >= 11 is 1.42. The number of hydrogen-bond acceptors (Lipinski definition) is 4. The van der Waals surface area contributed by atoms with E-state index in [9.17, 15) is 14.9 Å². The number of nitrogens with zero attached hydrogens (tertiary/aromatic N) is 2. The van der Waals surface area contributed by atoms with Gasteiger partial charge < -0.3 is 10.2 Å². The summed E-state index contributed by atoms with van der Waals surface area (Å²) in [7, 11) is 0. The maximum atomic E-state index is 12.3. The number of aryl methyl sites for hydroxylation is 1. The molecule has 1 saturated carbocycles. The van der Waals surface area contributed by atoms with Gasteiger partial charge in [0.15, 0.2) is 0 Å². The van der Waals surface area contributed by atoms with Gasteiger partial charge in [0.1, 0.15) is 11.1 Å². The summed E-state index contributed by atoms with van der Waals surface area (Å²) in [4.78, 5) is 27.1. The van der Waals surface area contributed by atoms with Crippen LogP contribution in [0.4, 0.5) is 5.00 Å². The van der Waals surface area contributed by atoms with E-state index >= 15 is 0 Å². The van der Waals surface area contributed by atoms with Gasteiger partial charge in [0.2, 0.25) is 11.8 Å². The fraction of sp³-hybridized carbons (Fsp3) is 0.533. The molecule has 2 aliphatic rings. The molecule has 3 rings (SSSR count). The van der Waals surface area contributed by atoms with E-state index in [2.05, 4.69) is 11.4 Å². The first-order valence-electron chi connectivity index (χ1n) is 7.11. The first-order valence-corrected chi connectivity index (χ1v) is 7.93. The molecule has 1 aromatic heterocycles. The van der Waals surface area contributed by atoms with Crippen molar-refractivity contribution < 1.29 is 9.59 Å². The van der Waals surface area contributed by atoms with Gasteiger partial charge in [-0.05, 0) is 32.3 Å². The number of hydrogen-bond donors (Lipinski definition) is 1. The molecule has 0 bridgehead atoms. The third-order valence-corrected chi connectivity index (χ3v) is 5.37. The fourth-order valence-electron chi connectivity index (χ4n) is 2.71. The van der Waals surface area contributed by atoms with E-state index in [-0.39, 0.29) is 24.2 Å². The number of nitriles is 1. The number of rotatable bonds is 3. The third-order valence-electron chi connectivity index (χ3n) is 4.25. The molecule has 21 heavy (non-hydrogen) atoms. The molecule has 1 aliphatic carbocycles. The summed E-state index contributed by atoms with van der Waals surface area (Å²) in [6.45, 7) is 4.33. The second-order valence-corrected chi connectivity index (χ2v) is 6.99. The van der Waals surface area contributed by atoms with Crippen LogP contribution in [0.25, 0.3) is 0 Å². The summed E-state index contributed by atoms with van der Waals surface area (Å²) in [5.74, 6) is -0.367. The summed E-state index contributed by atoms with van der Waals surface area (Å²) in [6, 6.07) is 2.50. The van der Waals surface area contributed by atoms with E-state index in [4.69, 9.17) is 0 Å². The van der Waals surface area contributed by atoms with Crippen molar-refractivity contribution in [2.45, 2.75) is 39.2 Å². The summed E-state index contributed by atoms with van der Waals surface area (Å²) in [5, 5.41) is 12.6. The predicted octanol–water partition coefficient (Wildman–Crippen LogP) is 2.19. The summed E-state index contributed by atoms with van der Waals surface area (Å²) < 4.78 is 0. The molecule has 1 atom stereocenters. The maximum absolute atomic E-state index is 12.3. The zero-order valence-electron chi connectivity index (χ0n) is 12.1. The highest BCUT2D eigenvalue weighted by Gasteiger charge is 2.41. The number of nitrogens with one attached hydrogen (secondary N) is 1. The van der Waals surface area contributed by atoms with Gasteiger partial charge in [0.05, 0.1) is 11.5 Å². The molecule has 110 valence electrons. The number of likely N-dealkylation sites (tertiary alicyclic amines) is 1. The smallest absolute Gasteiger partial charge is 0.230 e. The highest BCUT2D eigenvalue weighted by Crippen LogP contribution is 2.35. The molecule has 2 amide bonds. The van der Waals surface area contributed by atoms with Crippen LogP contribution in [0.2, 0.25) is 0 Å². The van der Waals surface area contributed by atoms with Crippen LogP contribution in [0.1, 0.15) is 35.3 Å². The molecule has 1 N–H and O–H groups in total. The lowest BCUT2D eigenvalue weighted by Gasteiger charge is -2.15. The Bertz CT molecular complexity index is 655. The Morgan fingerprint density at radius 3 is 2.76 bits per heavy atom. The Labute approximate surface area is 127 Å². The SMILES string of the molecule is Cc1sc(NC(=O)[C@@H]2CC(=O)N(C3CC3)C2)c(C#N)c1C. The van der Waals surface area contributed by atoms with E-state index in [1.807, 2.05) is 18.7 Å². The molecule has 0 spiro atoms. The Morgan fingerprint density at radius 1 is 1.43 bits per heavy atom. The van der Waals surface area contributed by atoms with Crippen molar-refractivity contribution in [2.24, 2.45) is 5.92 Å². The van der Waals surface area contributed by atoms with E-state index in [1.165, 1.54) is 11.3 Å². The van der Waals surface area contributed by atoms with Crippen LogP contribution in [-0.4, -0.2) is 29.3 Å². The van der Waals surface area contributed by atoms with Crippen molar-refractivity contribution in [2.75, 3.05) is 11.9 Å². The molecule has 5 nitrogen and oxygen atoms in total. The molecule has 2 heterocycles. The van der Waals surface area contributed by atoms with Crippen molar-refractivity contribution in [3.05, 3.63) is 16.0 Å². The van der Waals surface area contributed by atoms with Crippen molar-refractivity contribution in [3.63, 3.8) is 0 Å². The van der Waals surface area contributed by atoms with Gasteiger partial charge in [-0.1, -0.05) is 0 Å². The molecule has 1 aliphatic heterocycles. The van der Waals surface area contributed by atoms with Crippen LogP contribution in [0.15, 0.2) is 0 Å². The number of carbonyl (C=O) groups is 2. The zero-order valence-corrected chi connectivity index (χ0v) is 12.9. The molecule has 1 aromatic rings. The minimum atomic E-state index is -0.299. The average Bonchev–Trinajstić information content (AvgIpc) is 3.15. The van der Waals surface area contributed by atoms with Gasteiger partial charge >= 0.3 is 0 Å². The molecule has 0 unspecified atom stereocenters. The fourth-order valence-corrected chi connectivity index (χ4v) is 3.72. The molecule has 0 radical (unpaired) electrons. The van der Waals surface area contributed by atoms with Crippen molar-refractivity contribution in [3.8, 4) is 6.07 Å². The molecule has 0 aromatic carbocycles. The standard InChI is InChI=1S/C15H17N3O2S/c1-8-9(2)21-15(12(8)6-16)17-14(20)10-5-13(19)18(7-10)11-3-4-11/h10-11H,3-5,7H2,1-2H3,(H,17,20)/t10-/m1/s1. The van der Waals surface area contributed by atoms with Crippen LogP contribution in [0, 0.1) is 31.1 Å². The second kappa shape index (κ2) is 5.15. The van der Waals surface area contributed by atoms with Gasteiger partial charge in [-0.2, -0.15) is 5.26 Å². The quantitative estimate of drug-likeness (QED) is 0.930. The first kappa shape index (κ1) is 14.1. The van der Waals surface area contributed by atoms with Crippen molar-refractivity contribution >= 4 is 28.2 Å². The number of thiophene rings is 1. The molecule has 6 heteroatoms. The molecule has 1 saturated heterocycles. The summed E-state index contributed by atoms with van der Waals surface area (Å²) in [6.07, 6.45) is 2.40. The minimum absolute atomic E-state index is 0.0803. The Kier molecular flexibility index (Phi) is 3.46. The van der Waals surface area contributed by atoms with Gasteiger partial charge in [-0.3, -0.25) is 9.59 Å². The van der Waals surface area contributed by atoms with E-state index < -0.39 is 0 Å². The van der Waals surface area contributed by atoms with E-state index in [0.29, 0.717) is 23.2 Å². The number of amides is 2. The van der Waals surface area contributed by atoms with E-state index in [0.717, 1.165) is 23.3 Å². The maximum Gasteiger partial charge on any atom is 0.230 e. The lowest BCUT2D eigenvalue weighted by molar-refractivity contribution is -0.128. The van der Waals surface area contributed by atoms with Crippen LogP contribution in [0.5, 0.6) is 0 Å². The lowest BCUT2D eigenvalue weighted by Crippen LogP contribution is -2.29. The Morgan fingerprint density at radius 2 is 2.14 bits per heavy atom. The van der Waals surface area contributed by atoms with Gasteiger partial charge in [0.25, 0.3) is 0 Å². The average molecular weight is 303 g/mol. The summed E-state index contributed by atoms with van der Waals surface area (Å²) in [5.41, 5.74) is 1.45. The zero-order chi connectivity index (χ0) is 15.1. The van der Waals surface area contributed by atoms with E-state index in [1.54, 1.807) is 0 Å². The molecule has 2 fully saturated rings. The normalized spacial score (nSPS) is 21.5. The lowest BCUT2D eigenvalue weighted by atomic mass is 10.1. The predicted molar refractivity (Wildman–Crippen MR) is 80.0 cm³/mol. The van der Waals surface area contributed by atoms with Crippen molar-refractivity contribution in [1.82, 2.24) is 4.90 Å². The van der Waals surface area contributed by atoms with Crippen molar-refractivity contribution in [1.29, 1.82) is 5.26 Å². The van der Waals surface area contributed by atoms with Gasteiger partial charge in [0, 0.05) is 23.9 Å². The highest BCUT2D eigenvalue weighted by molar-refractivity contribution is 7.16. The van der Waals surface area contributed by atoms with Gasteiger partial charge in [-0.15, -0.1) is 11.3 Å². The minimum Gasteiger partial charge on any atom is -0.339 e. The van der Waals surface area contributed by atoms with Gasteiger partial charge in [-0.25, -0.2) is 0 Å². The highest BCUT2D eigenvalue weighted by atomic mass is 32.1. The van der Waals surface area contributed by atoms with Crippen LogP contribution in [0.3, 0.4) is 0 Å². The van der Waals surface area contributed by atoms with Crippen LogP contribution >= 0.6 is 11.3 Å².